The molecule has 1 aromatic heterocycles. The Hall–Kier alpha value is -1.97. The van der Waals surface area contributed by atoms with Crippen molar-refractivity contribution in [2.75, 3.05) is 0 Å². The zero-order valence-electron chi connectivity index (χ0n) is 9.58. The summed E-state index contributed by atoms with van der Waals surface area (Å²) in [7, 11) is 0. The first-order valence-corrected chi connectivity index (χ1v) is 5.27. The Morgan fingerprint density at radius 2 is 2.11 bits per heavy atom. The molecule has 1 aromatic rings. The van der Waals surface area contributed by atoms with Crippen LogP contribution in [0.4, 0.5) is 13.2 Å². The fourth-order valence-corrected chi connectivity index (χ4v) is 1.50. The molecule has 98 valence electrons. The van der Waals surface area contributed by atoms with Gasteiger partial charge in [-0.25, -0.2) is 0 Å². The summed E-state index contributed by atoms with van der Waals surface area (Å²) < 4.78 is 38.5. The first-order chi connectivity index (χ1) is 8.32. The highest BCUT2D eigenvalue weighted by Crippen LogP contribution is 2.32. The van der Waals surface area contributed by atoms with Crippen LogP contribution in [0.5, 0.6) is 5.88 Å². The van der Waals surface area contributed by atoms with Crippen LogP contribution in [0, 0.1) is 11.3 Å². The van der Waals surface area contributed by atoms with E-state index in [9.17, 15) is 23.1 Å². The van der Waals surface area contributed by atoms with Crippen LogP contribution in [0.1, 0.15) is 30.9 Å². The smallest absolute Gasteiger partial charge is 0.418 e. The first-order valence-electron chi connectivity index (χ1n) is 5.27. The topological polar surface area (TPSA) is 66.0 Å². The number of nitrogens with zero attached hydrogens (tertiary/aromatic N) is 2. The van der Waals surface area contributed by atoms with Crippen molar-refractivity contribution in [1.29, 1.82) is 5.26 Å². The normalized spacial score (nSPS) is 11.3. The summed E-state index contributed by atoms with van der Waals surface area (Å²) in [6.07, 6.45) is -3.62. The highest BCUT2D eigenvalue weighted by atomic mass is 19.4. The molecule has 0 radical (unpaired) electrons. The van der Waals surface area contributed by atoms with Gasteiger partial charge in [0.05, 0.1) is 5.56 Å². The lowest BCUT2D eigenvalue weighted by Crippen LogP contribution is -2.26. The minimum Gasteiger partial charge on any atom is -0.494 e. The van der Waals surface area contributed by atoms with Crippen molar-refractivity contribution in [2.45, 2.75) is 32.5 Å². The Bertz CT molecular complexity index is 541. The Kier molecular flexibility index (Phi) is 4.01. The lowest BCUT2D eigenvalue weighted by atomic mass is 10.1. The minimum absolute atomic E-state index is 0.0774. The maximum Gasteiger partial charge on any atom is 0.418 e. The van der Waals surface area contributed by atoms with Crippen LogP contribution in [-0.4, -0.2) is 9.67 Å². The highest BCUT2D eigenvalue weighted by molar-refractivity contribution is 5.40. The van der Waals surface area contributed by atoms with Gasteiger partial charge in [-0.05, 0) is 6.42 Å². The molecule has 0 saturated carbocycles. The minimum atomic E-state index is -4.84. The second-order valence-electron chi connectivity index (χ2n) is 3.71. The molecule has 0 atom stereocenters. The third kappa shape index (κ3) is 2.64. The van der Waals surface area contributed by atoms with E-state index in [-0.39, 0.29) is 6.54 Å². The third-order valence-electron chi connectivity index (χ3n) is 2.43. The molecule has 0 fully saturated rings. The molecule has 0 saturated heterocycles. The van der Waals surface area contributed by atoms with E-state index < -0.39 is 28.7 Å². The van der Waals surface area contributed by atoms with Crippen molar-refractivity contribution in [3.63, 3.8) is 0 Å². The lowest BCUT2D eigenvalue weighted by Gasteiger charge is -2.13. The predicted molar refractivity (Wildman–Crippen MR) is 57.0 cm³/mol. The van der Waals surface area contributed by atoms with Crippen LogP contribution in [0.15, 0.2) is 10.9 Å². The first kappa shape index (κ1) is 14.1. The van der Waals surface area contributed by atoms with Gasteiger partial charge < -0.3 is 5.11 Å². The molecular weight excluding hydrogens is 249 g/mol. The van der Waals surface area contributed by atoms with Gasteiger partial charge >= 0.3 is 6.18 Å². The molecule has 7 heteroatoms. The van der Waals surface area contributed by atoms with E-state index in [0.29, 0.717) is 18.9 Å². The van der Waals surface area contributed by atoms with Crippen molar-refractivity contribution < 1.29 is 18.3 Å². The van der Waals surface area contributed by atoms with Crippen molar-refractivity contribution >= 4 is 0 Å². The van der Waals surface area contributed by atoms with Crippen molar-refractivity contribution in [2.24, 2.45) is 0 Å². The summed E-state index contributed by atoms with van der Waals surface area (Å²) in [6, 6.07) is 1.66. The fraction of sp³-hybridized carbons (Fsp3) is 0.455. The van der Waals surface area contributed by atoms with Crippen LogP contribution < -0.4 is 5.56 Å². The van der Waals surface area contributed by atoms with Gasteiger partial charge in [-0.1, -0.05) is 13.3 Å². The van der Waals surface area contributed by atoms with Crippen molar-refractivity contribution in [3.8, 4) is 11.9 Å². The van der Waals surface area contributed by atoms with Gasteiger partial charge in [-0.15, -0.1) is 0 Å². The van der Waals surface area contributed by atoms with Crippen LogP contribution in [0.25, 0.3) is 0 Å². The average Bonchev–Trinajstić information content (AvgIpc) is 2.27. The number of hydrogen-bond donors (Lipinski definition) is 1. The molecular formula is C11H11F3N2O2. The lowest BCUT2D eigenvalue weighted by molar-refractivity contribution is -0.138. The number of rotatable bonds is 3. The number of aromatic nitrogens is 1. The number of hydrogen-bond acceptors (Lipinski definition) is 3. The van der Waals surface area contributed by atoms with Crippen LogP contribution in [-0.2, 0) is 12.7 Å². The van der Waals surface area contributed by atoms with Crippen molar-refractivity contribution in [1.82, 2.24) is 4.57 Å². The molecule has 1 rings (SSSR count). The number of unbranched alkanes of at least 4 members (excludes halogenated alkanes) is 1. The molecule has 0 bridgehead atoms. The molecule has 18 heavy (non-hydrogen) atoms. The van der Waals surface area contributed by atoms with Gasteiger partial charge in [0.15, 0.2) is 5.88 Å². The largest absolute Gasteiger partial charge is 0.494 e. The number of aromatic hydroxyl groups is 1. The van der Waals surface area contributed by atoms with Gasteiger partial charge in [-0.3, -0.25) is 9.36 Å². The molecule has 1 heterocycles. The molecule has 0 aromatic carbocycles. The average molecular weight is 260 g/mol. The summed E-state index contributed by atoms with van der Waals surface area (Å²) in [5.74, 6) is -0.778. The Balaban J connectivity index is 3.47. The summed E-state index contributed by atoms with van der Waals surface area (Å²) in [5.41, 5.74) is -3.50. The molecule has 0 unspecified atom stereocenters. The van der Waals surface area contributed by atoms with Crippen LogP contribution in [0.3, 0.4) is 0 Å². The number of nitriles is 1. The number of halogens is 3. The van der Waals surface area contributed by atoms with E-state index in [1.807, 2.05) is 6.92 Å². The number of pyridine rings is 1. The summed E-state index contributed by atoms with van der Waals surface area (Å²) >= 11 is 0. The molecule has 0 spiro atoms. The van der Waals surface area contributed by atoms with Gasteiger partial charge in [0.2, 0.25) is 0 Å². The third-order valence-corrected chi connectivity index (χ3v) is 2.43. The molecule has 0 aliphatic carbocycles. The van der Waals surface area contributed by atoms with Crippen LogP contribution in [0.2, 0.25) is 0 Å². The van der Waals surface area contributed by atoms with E-state index in [0.717, 1.165) is 4.57 Å². The maximum absolute atomic E-state index is 12.6. The monoisotopic (exact) mass is 260 g/mol. The summed E-state index contributed by atoms with van der Waals surface area (Å²) in [4.78, 5) is 11.7. The highest BCUT2D eigenvalue weighted by Gasteiger charge is 2.36. The molecule has 0 aliphatic heterocycles. The van der Waals surface area contributed by atoms with E-state index >= 15 is 0 Å². The SMILES string of the molecule is CCCCn1c(O)cc(C(F)(F)F)c(C#N)c1=O. The Labute approximate surface area is 101 Å². The van der Waals surface area contributed by atoms with E-state index in [2.05, 4.69) is 0 Å². The quantitative estimate of drug-likeness (QED) is 0.906. The van der Waals surface area contributed by atoms with Crippen molar-refractivity contribution in [3.05, 3.63) is 27.5 Å². The zero-order chi connectivity index (χ0) is 13.9. The molecule has 0 aliphatic rings. The summed E-state index contributed by atoms with van der Waals surface area (Å²) in [5, 5.41) is 18.1. The number of alkyl halides is 3. The molecule has 1 N–H and O–H groups in total. The second kappa shape index (κ2) is 5.12. The summed E-state index contributed by atoms with van der Waals surface area (Å²) in [6.45, 7) is 1.91. The van der Waals surface area contributed by atoms with Gasteiger partial charge in [0, 0.05) is 12.6 Å². The second-order valence-corrected chi connectivity index (χ2v) is 3.71. The zero-order valence-corrected chi connectivity index (χ0v) is 9.58. The molecule has 4 nitrogen and oxygen atoms in total. The van der Waals surface area contributed by atoms with E-state index in [4.69, 9.17) is 5.26 Å². The predicted octanol–water partition coefficient (Wildman–Crippen LogP) is 2.24. The van der Waals surface area contributed by atoms with E-state index in [1.165, 1.54) is 6.07 Å². The fourth-order valence-electron chi connectivity index (χ4n) is 1.50. The maximum atomic E-state index is 12.6. The standard InChI is InChI=1S/C11H11F3N2O2/c1-2-3-4-16-9(17)5-8(11(12,13)14)7(6-15)10(16)18/h5,17H,2-4H2,1H3. The van der Waals surface area contributed by atoms with Gasteiger partial charge in [0.25, 0.3) is 5.56 Å². The van der Waals surface area contributed by atoms with Gasteiger partial charge in [-0.2, -0.15) is 18.4 Å². The Morgan fingerprint density at radius 1 is 1.50 bits per heavy atom. The van der Waals surface area contributed by atoms with Crippen LogP contribution >= 0.6 is 0 Å². The molecule has 0 amide bonds. The Morgan fingerprint density at radius 3 is 2.56 bits per heavy atom. The van der Waals surface area contributed by atoms with Gasteiger partial charge in [0.1, 0.15) is 11.6 Å². The van der Waals surface area contributed by atoms with E-state index in [1.54, 1.807) is 0 Å².